The van der Waals surface area contributed by atoms with E-state index in [1.54, 1.807) is 30.3 Å². The van der Waals surface area contributed by atoms with Crippen LogP contribution in [0.4, 0.5) is 22.7 Å². The fourth-order valence-corrected chi connectivity index (χ4v) is 6.07. The zero-order chi connectivity index (χ0) is 25.9. The van der Waals surface area contributed by atoms with Crippen LogP contribution >= 0.6 is 0 Å². The Morgan fingerprint density at radius 3 is 2.33 bits per heavy atom. The molecule has 1 fully saturated rings. The lowest BCUT2D eigenvalue weighted by molar-refractivity contribution is 0.0698. The van der Waals surface area contributed by atoms with Gasteiger partial charge in [-0.2, -0.15) is 5.26 Å². The van der Waals surface area contributed by atoms with E-state index >= 15 is 0 Å². The quantitative estimate of drug-likeness (QED) is 0.303. The maximum atomic E-state index is 11.5. The van der Waals surface area contributed by atoms with E-state index in [4.69, 9.17) is 0 Å². The SMILES string of the molecule is CC(C)CC1(c2ccc(Nc3ccc(Nc4ccccc4C(=O)O)c(C#N)c3)cc2)CC(C)CC1C. The van der Waals surface area contributed by atoms with E-state index < -0.39 is 5.97 Å². The number of anilines is 4. The highest BCUT2D eigenvalue weighted by molar-refractivity contribution is 5.95. The highest BCUT2D eigenvalue weighted by Crippen LogP contribution is 2.52. The second kappa shape index (κ2) is 10.5. The molecule has 3 aromatic carbocycles. The lowest BCUT2D eigenvalue weighted by Gasteiger charge is -2.36. The van der Waals surface area contributed by atoms with Crippen LogP contribution in [0.3, 0.4) is 0 Å². The van der Waals surface area contributed by atoms with Crippen LogP contribution in [0.15, 0.2) is 66.7 Å². The average molecular weight is 482 g/mol. The molecule has 5 heteroatoms. The van der Waals surface area contributed by atoms with E-state index in [9.17, 15) is 15.2 Å². The maximum absolute atomic E-state index is 11.5. The molecular weight excluding hydrogens is 446 g/mol. The molecule has 0 bridgehead atoms. The van der Waals surface area contributed by atoms with E-state index in [1.807, 2.05) is 6.07 Å². The summed E-state index contributed by atoms with van der Waals surface area (Å²) in [4.78, 5) is 11.5. The minimum Gasteiger partial charge on any atom is -0.478 e. The molecule has 3 N–H and O–H groups in total. The van der Waals surface area contributed by atoms with Crippen LogP contribution in [0.2, 0.25) is 0 Å². The van der Waals surface area contributed by atoms with E-state index in [2.05, 4.69) is 68.7 Å². The highest BCUT2D eigenvalue weighted by atomic mass is 16.4. The van der Waals surface area contributed by atoms with Crippen LogP contribution in [0.1, 0.15) is 68.4 Å². The number of carboxylic acid groups (broad SMARTS) is 1. The first kappa shape index (κ1) is 25.3. The molecule has 1 saturated carbocycles. The molecule has 0 saturated heterocycles. The summed E-state index contributed by atoms with van der Waals surface area (Å²) < 4.78 is 0. The van der Waals surface area contributed by atoms with Gasteiger partial charge in [-0.25, -0.2) is 4.79 Å². The Kier molecular flexibility index (Phi) is 7.35. The van der Waals surface area contributed by atoms with Crippen molar-refractivity contribution >= 4 is 28.7 Å². The predicted octanol–water partition coefficient (Wildman–Crippen LogP) is 8.09. The summed E-state index contributed by atoms with van der Waals surface area (Å²) in [6.45, 7) is 9.42. The lowest BCUT2D eigenvalue weighted by atomic mass is 9.68. The third-order valence-electron chi connectivity index (χ3n) is 7.50. The molecule has 3 atom stereocenters. The Morgan fingerprint density at radius 1 is 1.03 bits per heavy atom. The standard InChI is InChI=1S/C31H35N3O2/c1-20(2)17-31(18-21(3)15-22(31)4)24-9-11-25(12-10-24)33-26-13-14-28(23(16-26)19-32)34-29-8-6-5-7-27(29)30(35)36/h5-14,16,20-22,33-34H,15,17-18H2,1-4H3,(H,35,36). The van der Waals surface area contributed by atoms with Crippen molar-refractivity contribution in [2.75, 3.05) is 10.6 Å². The van der Waals surface area contributed by atoms with Crippen molar-refractivity contribution in [1.29, 1.82) is 5.26 Å². The summed E-state index contributed by atoms with van der Waals surface area (Å²) in [5.74, 6) is 1.04. The first-order valence-electron chi connectivity index (χ1n) is 12.7. The Bertz CT molecular complexity index is 1280. The maximum Gasteiger partial charge on any atom is 0.337 e. The molecule has 3 aromatic rings. The topological polar surface area (TPSA) is 85.2 Å². The van der Waals surface area contributed by atoms with Crippen LogP contribution in [0.5, 0.6) is 0 Å². The Balaban J connectivity index is 1.54. The zero-order valence-electron chi connectivity index (χ0n) is 21.5. The van der Waals surface area contributed by atoms with Gasteiger partial charge in [-0.15, -0.1) is 0 Å². The molecule has 0 aliphatic heterocycles. The number of rotatable bonds is 8. The second-order valence-corrected chi connectivity index (χ2v) is 10.8. The third-order valence-corrected chi connectivity index (χ3v) is 7.50. The van der Waals surface area contributed by atoms with Crippen molar-refractivity contribution in [3.63, 3.8) is 0 Å². The van der Waals surface area contributed by atoms with Gasteiger partial charge in [0.05, 0.1) is 22.5 Å². The number of hydrogen-bond acceptors (Lipinski definition) is 4. The molecule has 36 heavy (non-hydrogen) atoms. The number of nitrogens with zero attached hydrogens (tertiary/aromatic N) is 1. The first-order valence-corrected chi connectivity index (χ1v) is 12.7. The van der Waals surface area contributed by atoms with E-state index in [-0.39, 0.29) is 11.0 Å². The molecule has 0 spiro atoms. The summed E-state index contributed by atoms with van der Waals surface area (Å²) in [5.41, 5.74) is 5.03. The van der Waals surface area contributed by atoms with Gasteiger partial charge in [0.1, 0.15) is 6.07 Å². The molecule has 1 aliphatic carbocycles. The van der Waals surface area contributed by atoms with Crippen LogP contribution < -0.4 is 10.6 Å². The van der Waals surface area contributed by atoms with Gasteiger partial charge in [-0.1, -0.05) is 52.0 Å². The van der Waals surface area contributed by atoms with Gasteiger partial charge in [-0.3, -0.25) is 0 Å². The third kappa shape index (κ3) is 5.23. The normalized spacial score (nSPS) is 21.2. The molecule has 5 nitrogen and oxygen atoms in total. The molecule has 0 radical (unpaired) electrons. The van der Waals surface area contributed by atoms with Crippen LogP contribution in [0.25, 0.3) is 0 Å². The summed E-state index contributed by atoms with van der Waals surface area (Å²) in [6, 6.07) is 23.2. The van der Waals surface area contributed by atoms with Crippen molar-refractivity contribution < 1.29 is 9.90 Å². The van der Waals surface area contributed by atoms with Crippen molar-refractivity contribution in [1.82, 2.24) is 0 Å². The number of carboxylic acids is 1. The largest absolute Gasteiger partial charge is 0.478 e. The number of aromatic carboxylic acids is 1. The Morgan fingerprint density at radius 2 is 1.72 bits per heavy atom. The average Bonchev–Trinajstić information content (AvgIpc) is 3.13. The monoisotopic (exact) mass is 481 g/mol. The summed E-state index contributed by atoms with van der Waals surface area (Å²) in [5, 5.41) is 25.7. The van der Waals surface area contributed by atoms with Crippen molar-refractivity contribution in [2.45, 2.75) is 52.4 Å². The number of benzene rings is 3. The van der Waals surface area contributed by atoms with Gasteiger partial charge >= 0.3 is 5.97 Å². The van der Waals surface area contributed by atoms with Crippen molar-refractivity contribution in [3.05, 3.63) is 83.4 Å². The number of carbonyl (C=O) groups is 1. The summed E-state index contributed by atoms with van der Waals surface area (Å²) in [6.07, 6.45) is 3.72. The van der Waals surface area contributed by atoms with Gasteiger partial charge in [0.25, 0.3) is 0 Å². The number of nitrogens with one attached hydrogen (secondary N) is 2. The van der Waals surface area contributed by atoms with Crippen molar-refractivity contribution in [2.24, 2.45) is 17.8 Å². The Labute approximate surface area is 214 Å². The number of nitriles is 1. The van der Waals surface area contributed by atoms with Gasteiger partial charge < -0.3 is 15.7 Å². The molecular formula is C31H35N3O2. The first-order chi connectivity index (χ1) is 17.2. The molecule has 186 valence electrons. The van der Waals surface area contributed by atoms with Gasteiger partial charge in [0.2, 0.25) is 0 Å². The molecule has 0 amide bonds. The van der Waals surface area contributed by atoms with Gasteiger partial charge in [-0.05, 0) is 90.5 Å². The van der Waals surface area contributed by atoms with Crippen LogP contribution in [0, 0.1) is 29.1 Å². The molecule has 1 aliphatic rings. The van der Waals surface area contributed by atoms with E-state index in [1.165, 1.54) is 30.9 Å². The van der Waals surface area contributed by atoms with Crippen molar-refractivity contribution in [3.8, 4) is 6.07 Å². The van der Waals surface area contributed by atoms with Gasteiger partial charge in [0.15, 0.2) is 0 Å². The molecule has 0 heterocycles. The van der Waals surface area contributed by atoms with Crippen LogP contribution in [-0.4, -0.2) is 11.1 Å². The molecule has 4 rings (SSSR count). The second-order valence-electron chi connectivity index (χ2n) is 10.8. The fraction of sp³-hybridized carbons (Fsp3) is 0.355. The minimum atomic E-state index is -1.02. The smallest absolute Gasteiger partial charge is 0.337 e. The number of hydrogen-bond donors (Lipinski definition) is 3. The molecule has 0 aromatic heterocycles. The predicted molar refractivity (Wildman–Crippen MR) is 146 cm³/mol. The van der Waals surface area contributed by atoms with Gasteiger partial charge in [0, 0.05) is 11.4 Å². The lowest BCUT2D eigenvalue weighted by Crippen LogP contribution is -2.31. The fourth-order valence-electron chi connectivity index (χ4n) is 6.07. The highest BCUT2D eigenvalue weighted by Gasteiger charge is 2.44. The van der Waals surface area contributed by atoms with E-state index in [0.717, 1.165) is 17.3 Å². The number of para-hydroxylation sites is 1. The zero-order valence-corrected chi connectivity index (χ0v) is 21.5. The minimum absolute atomic E-state index is 0.157. The van der Waals surface area contributed by atoms with E-state index in [0.29, 0.717) is 28.8 Å². The summed E-state index contributed by atoms with van der Waals surface area (Å²) >= 11 is 0. The molecule has 3 unspecified atom stereocenters. The Hall–Kier alpha value is -3.78. The summed E-state index contributed by atoms with van der Waals surface area (Å²) in [7, 11) is 0. The van der Waals surface area contributed by atoms with Crippen LogP contribution in [-0.2, 0) is 5.41 Å².